The summed E-state index contributed by atoms with van der Waals surface area (Å²) in [5.74, 6) is -1.41. The van der Waals surface area contributed by atoms with Crippen LogP contribution in [0, 0.1) is 18.7 Å². The van der Waals surface area contributed by atoms with E-state index in [1.807, 2.05) is 0 Å². The molecule has 6 heteroatoms. The first kappa shape index (κ1) is 14.3. The summed E-state index contributed by atoms with van der Waals surface area (Å²) < 4.78 is 18.5. The van der Waals surface area contributed by atoms with Gasteiger partial charge in [0.2, 0.25) is 0 Å². The number of ether oxygens (including phenoxy) is 1. The lowest BCUT2D eigenvalue weighted by molar-refractivity contribution is -0.124. The molecule has 2 rings (SSSR count). The molecule has 0 spiro atoms. The van der Waals surface area contributed by atoms with E-state index in [2.05, 4.69) is 5.32 Å². The van der Waals surface area contributed by atoms with Crippen molar-refractivity contribution in [2.24, 2.45) is 5.92 Å². The van der Waals surface area contributed by atoms with Crippen molar-refractivity contribution >= 4 is 17.6 Å². The van der Waals surface area contributed by atoms with Crippen LogP contribution in [0.4, 0.5) is 10.1 Å². The van der Waals surface area contributed by atoms with Gasteiger partial charge in [0.1, 0.15) is 5.82 Å². The maximum absolute atomic E-state index is 13.8. The number of amides is 1. The molecule has 1 aliphatic carbocycles. The van der Waals surface area contributed by atoms with E-state index >= 15 is 0 Å². The summed E-state index contributed by atoms with van der Waals surface area (Å²) in [4.78, 5) is 23.2. The fourth-order valence-electron chi connectivity index (χ4n) is 1.79. The van der Waals surface area contributed by atoms with Gasteiger partial charge < -0.3 is 15.8 Å². The molecule has 0 saturated heterocycles. The molecule has 1 fully saturated rings. The lowest BCUT2D eigenvalue weighted by Crippen LogP contribution is -2.30. The monoisotopic (exact) mass is 280 g/mol. The zero-order valence-electron chi connectivity index (χ0n) is 11.2. The molecule has 1 saturated carbocycles. The van der Waals surface area contributed by atoms with Crippen molar-refractivity contribution in [2.75, 3.05) is 18.9 Å². The van der Waals surface area contributed by atoms with E-state index in [1.54, 1.807) is 0 Å². The molecular weight excluding hydrogens is 263 g/mol. The van der Waals surface area contributed by atoms with Crippen LogP contribution < -0.4 is 11.1 Å². The number of nitrogen functional groups attached to an aromatic ring is 1. The minimum absolute atomic E-state index is 0.252. The Bertz CT molecular complexity index is 541. The maximum atomic E-state index is 13.8. The highest BCUT2D eigenvalue weighted by molar-refractivity contribution is 5.92. The minimum atomic E-state index is -0.889. The number of benzene rings is 1. The van der Waals surface area contributed by atoms with Crippen molar-refractivity contribution in [1.29, 1.82) is 0 Å². The number of hydrogen-bond donors (Lipinski definition) is 2. The fraction of sp³-hybridized carbons (Fsp3) is 0.429. The molecule has 0 unspecified atom stereocenters. The summed E-state index contributed by atoms with van der Waals surface area (Å²) in [5, 5.41) is 2.65. The highest BCUT2D eigenvalue weighted by Gasteiger charge is 2.22. The number of hydrogen-bond acceptors (Lipinski definition) is 4. The first-order valence-corrected chi connectivity index (χ1v) is 6.47. The van der Waals surface area contributed by atoms with Crippen molar-refractivity contribution in [3.63, 3.8) is 0 Å². The van der Waals surface area contributed by atoms with Gasteiger partial charge in [0.15, 0.2) is 6.61 Å². The Balaban J connectivity index is 1.89. The third kappa shape index (κ3) is 3.69. The van der Waals surface area contributed by atoms with Gasteiger partial charge in [-0.2, -0.15) is 0 Å². The number of halogens is 1. The van der Waals surface area contributed by atoms with Gasteiger partial charge in [-0.3, -0.25) is 4.79 Å². The van der Waals surface area contributed by atoms with E-state index < -0.39 is 18.4 Å². The second-order valence-corrected chi connectivity index (χ2v) is 5.02. The third-order valence-electron chi connectivity index (χ3n) is 3.12. The molecule has 1 aromatic carbocycles. The highest BCUT2D eigenvalue weighted by Crippen LogP contribution is 2.27. The maximum Gasteiger partial charge on any atom is 0.341 e. The third-order valence-corrected chi connectivity index (χ3v) is 3.12. The summed E-state index contributed by atoms with van der Waals surface area (Å²) in [7, 11) is 0. The van der Waals surface area contributed by atoms with Gasteiger partial charge in [0.05, 0.1) is 5.56 Å². The number of nitrogens with two attached hydrogens (primary N) is 1. The molecule has 0 aromatic heterocycles. The molecule has 0 aliphatic heterocycles. The van der Waals surface area contributed by atoms with Gasteiger partial charge in [0.25, 0.3) is 5.91 Å². The first-order chi connectivity index (χ1) is 9.47. The molecule has 0 atom stereocenters. The molecule has 108 valence electrons. The average molecular weight is 280 g/mol. The van der Waals surface area contributed by atoms with Gasteiger partial charge in [-0.1, -0.05) is 0 Å². The van der Waals surface area contributed by atoms with Crippen LogP contribution in [0.5, 0.6) is 0 Å². The zero-order chi connectivity index (χ0) is 14.7. The van der Waals surface area contributed by atoms with Gasteiger partial charge >= 0.3 is 5.97 Å². The van der Waals surface area contributed by atoms with Crippen LogP contribution >= 0.6 is 0 Å². The first-order valence-electron chi connectivity index (χ1n) is 6.47. The second-order valence-electron chi connectivity index (χ2n) is 5.02. The van der Waals surface area contributed by atoms with Gasteiger partial charge in [-0.05, 0) is 43.4 Å². The summed E-state index contributed by atoms with van der Waals surface area (Å²) >= 11 is 0. The molecule has 3 N–H and O–H groups in total. The molecule has 0 bridgehead atoms. The number of nitrogens with one attached hydrogen (secondary N) is 1. The quantitative estimate of drug-likeness (QED) is 0.631. The smallest absolute Gasteiger partial charge is 0.341 e. The Morgan fingerprint density at radius 3 is 2.80 bits per heavy atom. The van der Waals surface area contributed by atoms with Gasteiger partial charge in [-0.25, -0.2) is 9.18 Å². The van der Waals surface area contributed by atoms with Gasteiger partial charge in [-0.15, -0.1) is 0 Å². The molecule has 1 aliphatic rings. The topological polar surface area (TPSA) is 81.4 Å². The predicted molar refractivity (Wildman–Crippen MR) is 71.6 cm³/mol. The standard InChI is InChI=1S/C14H17FN2O3/c1-8-4-10(16)5-11(13(8)15)14(19)20-7-12(18)17-6-9-2-3-9/h4-5,9H,2-3,6-7,16H2,1H3,(H,17,18). The molecular formula is C14H17FN2O3. The van der Waals surface area contributed by atoms with E-state index in [0.29, 0.717) is 12.5 Å². The van der Waals surface area contributed by atoms with Crippen molar-refractivity contribution < 1.29 is 18.7 Å². The van der Waals surface area contributed by atoms with E-state index in [4.69, 9.17) is 10.5 Å². The van der Waals surface area contributed by atoms with Crippen molar-refractivity contribution in [2.45, 2.75) is 19.8 Å². The molecule has 20 heavy (non-hydrogen) atoms. The lowest BCUT2D eigenvalue weighted by Gasteiger charge is -2.08. The van der Waals surface area contributed by atoms with Crippen LogP contribution in [0.3, 0.4) is 0 Å². The summed E-state index contributed by atoms with van der Waals surface area (Å²) in [6.45, 7) is 1.69. The summed E-state index contributed by atoms with van der Waals surface area (Å²) in [5.41, 5.74) is 5.84. The Kier molecular flexibility index (Phi) is 4.22. The molecule has 1 aromatic rings. The van der Waals surface area contributed by atoms with E-state index in [0.717, 1.165) is 12.8 Å². The Hall–Kier alpha value is -2.11. The number of aryl methyl sites for hydroxylation is 1. The second kappa shape index (κ2) is 5.90. The SMILES string of the molecule is Cc1cc(N)cc(C(=O)OCC(=O)NCC2CC2)c1F. The highest BCUT2D eigenvalue weighted by atomic mass is 19.1. The van der Waals surface area contributed by atoms with Crippen LogP contribution in [-0.4, -0.2) is 25.0 Å². The van der Waals surface area contributed by atoms with E-state index in [-0.39, 0.29) is 22.7 Å². The largest absolute Gasteiger partial charge is 0.452 e. The van der Waals surface area contributed by atoms with Crippen LogP contribution in [0.2, 0.25) is 0 Å². The number of esters is 1. The van der Waals surface area contributed by atoms with Crippen LogP contribution in [-0.2, 0) is 9.53 Å². The molecule has 1 amide bonds. The van der Waals surface area contributed by atoms with Crippen LogP contribution in [0.1, 0.15) is 28.8 Å². The summed E-state index contributed by atoms with van der Waals surface area (Å²) in [6.07, 6.45) is 2.24. The molecule has 0 radical (unpaired) electrons. The van der Waals surface area contributed by atoms with Crippen LogP contribution in [0.15, 0.2) is 12.1 Å². The van der Waals surface area contributed by atoms with Crippen molar-refractivity contribution in [3.8, 4) is 0 Å². The number of carbonyl (C=O) groups is 2. The predicted octanol–water partition coefficient (Wildman–Crippen LogP) is 1.40. The van der Waals surface area contributed by atoms with Crippen LogP contribution in [0.25, 0.3) is 0 Å². The molecule has 5 nitrogen and oxygen atoms in total. The normalized spacial score (nSPS) is 13.9. The number of anilines is 1. The lowest BCUT2D eigenvalue weighted by atomic mass is 10.1. The average Bonchev–Trinajstić information content (AvgIpc) is 3.21. The Morgan fingerprint density at radius 2 is 2.15 bits per heavy atom. The molecule has 0 heterocycles. The Morgan fingerprint density at radius 1 is 1.45 bits per heavy atom. The Labute approximate surface area is 116 Å². The van der Waals surface area contributed by atoms with Gasteiger partial charge in [0, 0.05) is 12.2 Å². The van der Waals surface area contributed by atoms with Crippen molar-refractivity contribution in [3.05, 3.63) is 29.1 Å². The van der Waals surface area contributed by atoms with Crippen molar-refractivity contribution in [1.82, 2.24) is 5.32 Å². The zero-order valence-corrected chi connectivity index (χ0v) is 11.2. The van der Waals surface area contributed by atoms with E-state index in [9.17, 15) is 14.0 Å². The fourth-order valence-corrected chi connectivity index (χ4v) is 1.79. The van der Waals surface area contributed by atoms with E-state index in [1.165, 1.54) is 19.1 Å². The number of rotatable bonds is 5. The minimum Gasteiger partial charge on any atom is -0.452 e. The number of carbonyl (C=O) groups excluding carboxylic acids is 2. The summed E-state index contributed by atoms with van der Waals surface area (Å²) in [6, 6.07) is 2.63.